The van der Waals surface area contributed by atoms with Crippen LogP contribution in [0.15, 0.2) is 24.3 Å². The molecular weight excluding hydrogens is 242 g/mol. The third-order valence-electron chi connectivity index (χ3n) is 2.64. The van der Waals surface area contributed by atoms with Crippen molar-refractivity contribution in [3.8, 4) is 5.75 Å². The fourth-order valence-electron chi connectivity index (χ4n) is 1.92. The summed E-state index contributed by atoms with van der Waals surface area (Å²) in [4.78, 5) is 0. The summed E-state index contributed by atoms with van der Waals surface area (Å²) in [6.07, 6.45) is 2.47. The van der Waals surface area contributed by atoms with Crippen molar-refractivity contribution in [1.82, 2.24) is 5.32 Å². The van der Waals surface area contributed by atoms with Crippen LogP contribution in [0.5, 0.6) is 5.75 Å². The maximum Gasteiger partial charge on any atom is 0.115 e. The van der Waals surface area contributed by atoms with E-state index in [4.69, 9.17) is 0 Å². The third kappa shape index (κ3) is 2.72. The van der Waals surface area contributed by atoms with Gasteiger partial charge < -0.3 is 10.4 Å². The molecule has 1 fully saturated rings. The number of phenolic OH excluding ortho intramolecular Hbond substituents is 1. The highest BCUT2D eigenvalue weighted by Gasteiger charge is 2.14. The minimum atomic E-state index is 0. The van der Waals surface area contributed by atoms with Gasteiger partial charge in [-0.05, 0) is 43.0 Å². The Morgan fingerprint density at radius 3 is 2.86 bits per heavy atom. The Kier molecular flexibility index (Phi) is 4.42. The Labute approximate surface area is 95.1 Å². The lowest BCUT2D eigenvalue weighted by molar-refractivity contribution is 0.452. The predicted octanol–water partition coefficient (Wildman–Crippen LogP) is 2.44. The normalized spacial score (nSPS) is 21.3. The molecule has 2 rings (SSSR count). The van der Waals surface area contributed by atoms with Crippen molar-refractivity contribution >= 4 is 17.0 Å². The van der Waals surface area contributed by atoms with Crippen molar-refractivity contribution in [2.24, 2.45) is 0 Å². The van der Waals surface area contributed by atoms with Crippen molar-refractivity contribution < 1.29 is 5.11 Å². The molecule has 78 valence electrons. The molecule has 1 aromatic carbocycles. The lowest BCUT2D eigenvalue weighted by Gasteiger charge is -2.23. The molecule has 1 atom stereocenters. The van der Waals surface area contributed by atoms with Crippen LogP contribution in [0, 0.1) is 0 Å². The minimum absolute atomic E-state index is 0. The number of piperidine rings is 1. The zero-order chi connectivity index (χ0) is 9.10. The lowest BCUT2D eigenvalue weighted by atomic mass is 9.92. The number of aromatic hydroxyl groups is 1. The van der Waals surface area contributed by atoms with Crippen LogP contribution in [0.2, 0.25) is 0 Å². The molecule has 0 spiro atoms. The minimum Gasteiger partial charge on any atom is -0.508 e. The van der Waals surface area contributed by atoms with E-state index >= 15 is 0 Å². The average Bonchev–Trinajstić information content (AvgIpc) is 2.19. The number of hydrogen-bond acceptors (Lipinski definition) is 2. The van der Waals surface area contributed by atoms with Crippen LogP contribution in [-0.4, -0.2) is 18.2 Å². The molecule has 2 nitrogen and oxygen atoms in total. The number of benzene rings is 1. The first kappa shape index (κ1) is 11.5. The first-order valence-corrected chi connectivity index (χ1v) is 4.86. The van der Waals surface area contributed by atoms with Gasteiger partial charge in [0.05, 0.1) is 0 Å². The zero-order valence-electron chi connectivity index (χ0n) is 8.07. The van der Waals surface area contributed by atoms with Gasteiger partial charge in [0.25, 0.3) is 0 Å². The average molecular weight is 258 g/mol. The van der Waals surface area contributed by atoms with Crippen LogP contribution in [0.25, 0.3) is 0 Å². The molecule has 1 heterocycles. The van der Waals surface area contributed by atoms with Gasteiger partial charge in [-0.2, -0.15) is 0 Å². The fraction of sp³-hybridized carbons (Fsp3) is 0.455. The number of phenols is 1. The van der Waals surface area contributed by atoms with Gasteiger partial charge in [-0.3, -0.25) is 0 Å². The summed E-state index contributed by atoms with van der Waals surface area (Å²) in [6.45, 7) is 2.18. The third-order valence-corrected chi connectivity index (χ3v) is 2.64. The Bertz CT molecular complexity index is 284. The summed E-state index contributed by atoms with van der Waals surface area (Å²) >= 11 is 0. The van der Waals surface area contributed by atoms with Gasteiger partial charge in [-0.15, -0.1) is 17.0 Å². The van der Waals surface area contributed by atoms with Crippen molar-refractivity contribution in [1.29, 1.82) is 0 Å². The number of rotatable bonds is 1. The van der Waals surface area contributed by atoms with Crippen LogP contribution < -0.4 is 5.32 Å². The van der Waals surface area contributed by atoms with Crippen LogP contribution in [0.1, 0.15) is 24.3 Å². The van der Waals surface area contributed by atoms with E-state index in [0.29, 0.717) is 11.7 Å². The van der Waals surface area contributed by atoms with Gasteiger partial charge in [0.2, 0.25) is 0 Å². The van der Waals surface area contributed by atoms with Crippen LogP contribution in [0.4, 0.5) is 0 Å². The lowest BCUT2D eigenvalue weighted by Crippen LogP contribution is -2.28. The Morgan fingerprint density at radius 1 is 1.36 bits per heavy atom. The van der Waals surface area contributed by atoms with Crippen molar-refractivity contribution in [2.75, 3.05) is 13.1 Å². The van der Waals surface area contributed by atoms with Gasteiger partial charge in [0.15, 0.2) is 0 Å². The van der Waals surface area contributed by atoms with E-state index in [2.05, 4.69) is 11.4 Å². The van der Waals surface area contributed by atoms with E-state index in [-0.39, 0.29) is 17.0 Å². The highest BCUT2D eigenvalue weighted by Crippen LogP contribution is 2.25. The smallest absolute Gasteiger partial charge is 0.115 e. The molecule has 1 aliphatic heterocycles. The molecule has 0 bridgehead atoms. The van der Waals surface area contributed by atoms with Crippen LogP contribution in [0.3, 0.4) is 0 Å². The molecule has 0 aromatic heterocycles. The van der Waals surface area contributed by atoms with E-state index < -0.39 is 0 Å². The van der Waals surface area contributed by atoms with Crippen molar-refractivity contribution in [3.05, 3.63) is 29.8 Å². The molecule has 3 heteroatoms. The molecule has 0 radical (unpaired) electrons. The number of nitrogens with one attached hydrogen (secondary N) is 1. The number of hydrogen-bond donors (Lipinski definition) is 2. The zero-order valence-corrected chi connectivity index (χ0v) is 9.78. The molecular formula is C11H16BrNO. The van der Waals surface area contributed by atoms with E-state index in [1.165, 1.54) is 18.4 Å². The molecule has 0 aliphatic carbocycles. The summed E-state index contributed by atoms with van der Waals surface area (Å²) in [5.41, 5.74) is 1.26. The first-order chi connectivity index (χ1) is 6.36. The van der Waals surface area contributed by atoms with E-state index in [0.717, 1.165) is 13.1 Å². The fourth-order valence-corrected chi connectivity index (χ4v) is 1.92. The molecule has 2 N–H and O–H groups in total. The van der Waals surface area contributed by atoms with Crippen LogP contribution in [-0.2, 0) is 0 Å². The monoisotopic (exact) mass is 257 g/mol. The molecule has 0 amide bonds. The van der Waals surface area contributed by atoms with E-state index in [1.54, 1.807) is 6.07 Å². The number of halogens is 1. The summed E-state index contributed by atoms with van der Waals surface area (Å²) in [7, 11) is 0. The Morgan fingerprint density at radius 2 is 2.21 bits per heavy atom. The molecule has 1 saturated heterocycles. The summed E-state index contributed by atoms with van der Waals surface area (Å²) in [6, 6.07) is 7.61. The second-order valence-electron chi connectivity index (χ2n) is 3.64. The van der Waals surface area contributed by atoms with Crippen LogP contribution >= 0.6 is 17.0 Å². The van der Waals surface area contributed by atoms with Gasteiger partial charge in [0.1, 0.15) is 5.75 Å². The molecule has 1 aromatic rings. The predicted molar refractivity (Wildman–Crippen MR) is 63.3 cm³/mol. The highest BCUT2D eigenvalue weighted by atomic mass is 79.9. The summed E-state index contributed by atoms with van der Waals surface area (Å²) < 4.78 is 0. The second kappa shape index (κ2) is 5.37. The summed E-state index contributed by atoms with van der Waals surface area (Å²) in [5.74, 6) is 0.962. The Balaban J connectivity index is 0.000000980. The maximum atomic E-state index is 9.32. The quantitative estimate of drug-likeness (QED) is 0.810. The Hall–Kier alpha value is -0.540. The van der Waals surface area contributed by atoms with E-state index in [9.17, 15) is 5.11 Å². The largest absolute Gasteiger partial charge is 0.508 e. The summed E-state index contributed by atoms with van der Waals surface area (Å²) in [5, 5.41) is 12.7. The van der Waals surface area contributed by atoms with E-state index in [1.807, 2.05) is 12.1 Å². The second-order valence-corrected chi connectivity index (χ2v) is 3.64. The molecule has 1 aliphatic rings. The molecule has 1 unspecified atom stereocenters. The molecule has 0 saturated carbocycles. The first-order valence-electron chi connectivity index (χ1n) is 4.86. The topological polar surface area (TPSA) is 32.3 Å². The standard InChI is InChI=1S/C11H15NO.BrH/c13-11-5-1-3-9(7-11)10-4-2-6-12-8-10;/h1,3,5,7,10,12-13H,2,4,6,8H2;1H. The van der Waals surface area contributed by atoms with Crippen molar-refractivity contribution in [2.45, 2.75) is 18.8 Å². The maximum absolute atomic E-state index is 9.32. The highest BCUT2D eigenvalue weighted by molar-refractivity contribution is 8.93. The van der Waals surface area contributed by atoms with Crippen molar-refractivity contribution in [3.63, 3.8) is 0 Å². The molecule has 14 heavy (non-hydrogen) atoms. The van der Waals surface area contributed by atoms with Gasteiger partial charge >= 0.3 is 0 Å². The SMILES string of the molecule is Br.Oc1cccc(C2CCCNC2)c1. The van der Waals surface area contributed by atoms with Gasteiger partial charge in [-0.1, -0.05) is 12.1 Å². The van der Waals surface area contributed by atoms with Gasteiger partial charge in [0, 0.05) is 6.54 Å². The van der Waals surface area contributed by atoms with Gasteiger partial charge in [-0.25, -0.2) is 0 Å².